The molecule has 3 unspecified atom stereocenters. The number of hydrogen-bond acceptors (Lipinski definition) is 1. The number of methoxy groups -OCH3 is 1. The second kappa shape index (κ2) is 7.58. The van der Waals surface area contributed by atoms with Crippen molar-refractivity contribution in [2.75, 3.05) is 7.11 Å². The zero-order valence-corrected chi connectivity index (χ0v) is 18.2. The van der Waals surface area contributed by atoms with Crippen LogP contribution in [0.2, 0.25) is 0 Å². The molecule has 0 aromatic heterocycles. The highest BCUT2D eigenvalue weighted by Gasteiger charge is 2.51. The molecule has 0 radical (unpaired) electrons. The van der Waals surface area contributed by atoms with Crippen molar-refractivity contribution in [1.29, 1.82) is 0 Å². The standard InChI is InChI=1S/C27H36O/c1-18(2)7-6-8-19(3)25-13-14-26-24-11-9-20-17-21(28-5)10-12-22(20)23(24)15-16-27(25,26)4/h7,10,12-13,17,23-24,26H,3,6,8-9,11,14-16H2,1-2,4-5H3/t23?,24?,26?,27-/m1/s1. The lowest BCUT2D eigenvalue weighted by molar-refractivity contribution is 0.0764. The molecule has 4 rings (SSSR count). The number of fused-ring (bicyclic) bond motifs is 5. The van der Waals surface area contributed by atoms with Crippen molar-refractivity contribution in [2.45, 2.75) is 71.6 Å². The van der Waals surface area contributed by atoms with Gasteiger partial charge >= 0.3 is 0 Å². The van der Waals surface area contributed by atoms with Crippen LogP contribution in [0.5, 0.6) is 5.75 Å². The van der Waals surface area contributed by atoms with Gasteiger partial charge in [-0.15, -0.1) is 0 Å². The Labute approximate surface area is 171 Å². The van der Waals surface area contributed by atoms with Gasteiger partial charge in [-0.2, -0.15) is 0 Å². The summed E-state index contributed by atoms with van der Waals surface area (Å²) in [5.41, 5.74) is 7.87. The van der Waals surface area contributed by atoms with Crippen molar-refractivity contribution in [1.82, 2.24) is 0 Å². The highest BCUT2D eigenvalue weighted by Crippen LogP contribution is 2.62. The molecule has 1 saturated carbocycles. The summed E-state index contributed by atoms with van der Waals surface area (Å²) in [5.74, 6) is 3.35. The Hall–Kier alpha value is -1.76. The minimum atomic E-state index is 0.340. The molecule has 0 saturated heterocycles. The van der Waals surface area contributed by atoms with Gasteiger partial charge in [0.25, 0.3) is 0 Å². The molecule has 1 heteroatoms. The highest BCUT2D eigenvalue weighted by atomic mass is 16.5. The van der Waals surface area contributed by atoms with Crippen LogP contribution in [-0.2, 0) is 6.42 Å². The zero-order chi connectivity index (χ0) is 19.9. The van der Waals surface area contributed by atoms with Gasteiger partial charge in [-0.3, -0.25) is 0 Å². The maximum Gasteiger partial charge on any atom is 0.119 e. The summed E-state index contributed by atoms with van der Waals surface area (Å²) in [5, 5.41) is 0. The van der Waals surface area contributed by atoms with Gasteiger partial charge in [0.15, 0.2) is 0 Å². The Kier molecular flexibility index (Phi) is 5.29. The summed E-state index contributed by atoms with van der Waals surface area (Å²) in [6.07, 6.45) is 13.5. The van der Waals surface area contributed by atoms with Gasteiger partial charge in [0.1, 0.15) is 5.75 Å². The van der Waals surface area contributed by atoms with Crippen LogP contribution in [0.1, 0.15) is 76.3 Å². The van der Waals surface area contributed by atoms with E-state index in [4.69, 9.17) is 4.74 Å². The minimum absolute atomic E-state index is 0.340. The molecule has 0 spiro atoms. The van der Waals surface area contributed by atoms with Crippen LogP contribution in [-0.4, -0.2) is 7.11 Å². The van der Waals surface area contributed by atoms with Crippen LogP contribution >= 0.6 is 0 Å². The number of hydrogen-bond donors (Lipinski definition) is 0. The van der Waals surface area contributed by atoms with Gasteiger partial charge < -0.3 is 4.74 Å². The van der Waals surface area contributed by atoms with Crippen molar-refractivity contribution in [3.63, 3.8) is 0 Å². The predicted octanol–water partition coefficient (Wildman–Crippen LogP) is 7.39. The maximum atomic E-state index is 5.47. The van der Waals surface area contributed by atoms with Crippen molar-refractivity contribution < 1.29 is 4.74 Å². The Morgan fingerprint density at radius 3 is 2.86 bits per heavy atom. The molecule has 0 heterocycles. The van der Waals surface area contributed by atoms with Gasteiger partial charge in [-0.25, -0.2) is 0 Å². The van der Waals surface area contributed by atoms with Crippen molar-refractivity contribution in [3.8, 4) is 5.75 Å². The van der Waals surface area contributed by atoms with Crippen LogP contribution in [0.15, 0.2) is 53.6 Å². The Balaban J connectivity index is 1.53. The smallest absolute Gasteiger partial charge is 0.119 e. The van der Waals surface area contributed by atoms with E-state index in [0.717, 1.165) is 36.3 Å². The molecule has 150 valence electrons. The fourth-order valence-electron chi connectivity index (χ4n) is 6.47. The monoisotopic (exact) mass is 376 g/mol. The van der Waals surface area contributed by atoms with Crippen molar-refractivity contribution in [2.24, 2.45) is 17.3 Å². The maximum absolute atomic E-state index is 5.47. The lowest BCUT2D eigenvalue weighted by Gasteiger charge is -2.50. The zero-order valence-electron chi connectivity index (χ0n) is 18.2. The molecule has 0 aliphatic heterocycles. The fraction of sp³-hybridized carbons (Fsp3) is 0.556. The molecular formula is C27H36O. The van der Waals surface area contributed by atoms with E-state index in [1.807, 2.05) is 0 Å². The van der Waals surface area contributed by atoms with Crippen LogP contribution in [0, 0.1) is 17.3 Å². The molecule has 4 atom stereocenters. The average molecular weight is 377 g/mol. The molecule has 3 aliphatic carbocycles. The molecule has 0 N–H and O–H groups in total. The number of benzene rings is 1. The van der Waals surface area contributed by atoms with Gasteiger partial charge in [0.2, 0.25) is 0 Å². The van der Waals surface area contributed by atoms with Crippen LogP contribution in [0.25, 0.3) is 0 Å². The van der Waals surface area contributed by atoms with E-state index in [0.29, 0.717) is 5.41 Å². The first-order chi connectivity index (χ1) is 13.4. The average Bonchev–Trinajstić information content (AvgIpc) is 3.04. The predicted molar refractivity (Wildman–Crippen MR) is 119 cm³/mol. The Morgan fingerprint density at radius 2 is 2.11 bits per heavy atom. The lowest BCUT2D eigenvalue weighted by atomic mass is 9.54. The van der Waals surface area contributed by atoms with E-state index < -0.39 is 0 Å². The third-order valence-electron chi connectivity index (χ3n) is 7.89. The van der Waals surface area contributed by atoms with E-state index in [1.165, 1.54) is 48.8 Å². The third-order valence-corrected chi connectivity index (χ3v) is 7.89. The van der Waals surface area contributed by atoms with E-state index in [9.17, 15) is 0 Å². The minimum Gasteiger partial charge on any atom is -0.497 e. The topological polar surface area (TPSA) is 9.23 Å². The summed E-state index contributed by atoms with van der Waals surface area (Å²) < 4.78 is 5.47. The molecule has 3 aliphatic rings. The molecular weight excluding hydrogens is 340 g/mol. The van der Waals surface area contributed by atoms with E-state index in [2.05, 4.69) is 57.7 Å². The van der Waals surface area contributed by atoms with Gasteiger partial charge in [0.05, 0.1) is 7.11 Å². The second-order valence-electron chi connectivity index (χ2n) is 9.71. The highest BCUT2D eigenvalue weighted by molar-refractivity contribution is 5.44. The second-order valence-corrected chi connectivity index (χ2v) is 9.71. The molecule has 1 nitrogen and oxygen atoms in total. The van der Waals surface area contributed by atoms with Crippen molar-refractivity contribution in [3.05, 3.63) is 64.8 Å². The summed E-state index contributed by atoms with van der Waals surface area (Å²) in [6.45, 7) is 11.4. The number of ether oxygens (including phenoxy) is 1. The summed E-state index contributed by atoms with van der Waals surface area (Å²) in [7, 11) is 1.77. The fourth-order valence-corrected chi connectivity index (χ4v) is 6.47. The molecule has 0 bridgehead atoms. The normalized spacial score (nSPS) is 30.6. The number of allylic oxidation sites excluding steroid dienone is 5. The number of aryl methyl sites for hydroxylation is 1. The molecule has 1 aromatic rings. The van der Waals surface area contributed by atoms with E-state index in [-0.39, 0.29) is 0 Å². The molecule has 1 fully saturated rings. The van der Waals surface area contributed by atoms with Crippen LogP contribution < -0.4 is 4.74 Å². The summed E-state index contributed by atoms with van der Waals surface area (Å²) in [6, 6.07) is 6.80. The Bertz CT molecular complexity index is 823. The summed E-state index contributed by atoms with van der Waals surface area (Å²) in [4.78, 5) is 0. The van der Waals surface area contributed by atoms with Gasteiger partial charge in [-0.1, -0.05) is 42.9 Å². The first-order valence-corrected chi connectivity index (χ1v) is 11.1. The summed E-state index contributed by atoms with van der Waals surface area (Å²) >= 11 is 0. The SMILES string of the molecule is C=C(CCC=C(C)C)C1=CCC2C3CCc4cc(OC)ccc4C3CC[C@]12C. The number of rotatable bonds is 5. The molecule has 1 aromatic carbocycles. The first kappa shape index (κ1) is 19.6. The lowest BCUT2D eigenvalue weighted by Crippen LogP contribution is -2.41. The third kappa shape index (κ3) is 3.27. The first-order valence-electron chi connectivity index (χ1n) is 11.1. The van der Waals surface area contributed by atoms with E-state index >= 15 is 0 Å². The van der Waals surface area contributed by atoms with Crippen LogP contribution in [0.4, 0.5) is 0 Å². The quantitative estimate of drug-likeness (QED) is 0.487. The molecule has 0 amide bonds. The van der Waals surface area contributed by atoms with Crippen LogP contribution in [0.3, 0.4) is 0 Å². The van der Waals surface area contributed by atoms with Crippen molar-refractivity contribution >= 4 is 0 Å². The molecule has 28 heavy (non-hydrogen) atoms. The van der Waals surface area contributed by atoms with Gasteiger partial charge in [-0.05, 0) is 111 Å². The van der Waals surface area contributed by atoms with E-state index in [1.54, 1.807) is 18.2 Å². The Morgan fingerprint density at radius 1 is 1.29 bits per heavy atom. The largest absolute Gasteiger partial charge is 0.497 e. The van der Waals surface area contributed by atoms with Gasteiger partial charge in [0, 0.05) is 0 Å².